The Kier molecular flexibility index (Phi) is 3.26. The molecule has 0 N–H and O–H groups in total. The average Bonchev–Trinajstić information content (AvgIpc) is 2.35. The van der Waals surface area contributed by atoms with Crippen molar-refractivity contribution in [1.82, 2.24) is 0 Å². The van der Waals surface area contributed by atoms with E-state index >= 15 is 0 Å². The van der Waals surface area contributed by atoms with Gasteiger partial charge in [0, 0.05) is 7.11 Å². The quantitative estimate of drug-likeness (QED) is 0.675. The predicted octanol–water partition coefficient (Wildman–Crippen LogP) is 2.43. The van der Waals surface area contributed by atoms with E-state index in [0.29, 0.717) is 0 Å². The number of ether oxygens (including phenoxy) is 1. The van der Waals surface area contributed by atoms with Crippen LogP contribution in [0.3, 0.4) is 0 Å². The summed E-state index contributed by atoms with van der Waals surface area (Å²) in [6.45, 7) is 12.3. The Balaban J connectivity index is 2.87. The third-order valence-electron chi connectivity index (χ3n) is 3.92. The molecule has 0 amide bonds. The van der Waals surface area contributed by atoms with Gasteiger partial charge in [-0.1, -0.05) is 6.92 Å². The number of methoxy groups -OCH3 is 1. The Morgan fingerprint density at radius 1 is 1.13 bits per heavy atom. The van der Waals surface area contributed by atoms with Gasteiger partial charge in [0.05, 0.1) is 11.2 Å². The summed E-state index contributed by atoms with van der Waals surface area (Å²) in [6.07, 6.45) is 0.861. The van der Waals surface area contributed by atoms with Crippen LogP contribution in [0.4, 0.5) is 0 Å². The van der Waals surface area contributed by atoms with Crippen LogP contribution in [0.5, 0.6) is 0 Å². The molecule has 1 rings (SSSR count). The maximum atomic E-state index is 5.96. The molecule has 0 aliphatic carbocycles. The maximum absolute atomic E-state index is 5.96. The van der Waals surface area contributed by atoms with Crippen LogP contribution >= 0.6 is 0 Å². The molecule has 0 bridgehead atoms. The van der Waals surface area contributed by atoms with Crippen molar-refractivity contribution in [3.8, 4) is 0 Å². The molecule has 4 heteroatoms. The Bertz CT molecular complexity index is 218. The fourth-order valence-electron chi connectivity index (χ4n) is 1.50. The van der Waals surface area contributed by atoms with Crippen molar-refractivity contribution in [3.63, 3.8) is 0 Å². The first-order valence-electron chi connectivity index (χ1n) is 5.59. The van der Waals surface area contributed by atoms with Gasteiger partial charge >= 0.3 is 7.12 Å². The van der Waals surface area contributed by atoms with Crippen molar-refractivity contribution in [1.29, 1.82) is 0 Å². The SMILES string of the molecule is CCC(C)(OC)B1OC(C)(C)C(C)(C)O1. The summed E-state index contributed by atoms with van der Waals surface area (Å²) in [7, 11) is 1.41. The highest BCUT2D eigenvalue weighted by Crippen LogP contribution is 2.40. The van der Waals surface area contributed by atoms with E-state index in [1.165, 1.54) is 0 Å². The van der Waals surface area contributed by atoms with Crippen molar-refractivity contribution in [3.05, 3.63) is 0 Å². The van der Waals surface area contributed by atoms with Crippen LogP contribution in [-0.4, -0.2) is 30.9 Å². The van der Waals surface area contributed by atoms with Gasteiger partial charge in [0.1, 0.15) is 5.50 Å². The molecular formula is C11H23BO3. The van der Waals surface area contributed by atoms with Gasteiger partial charge in [0.2, 0.25) is 0 Å². The molecule has 0 saturated carbocycles. The lowest BCUT2D eigenvalue weighted by molar-refractivity contribution is 0.00578. The highest BCUT2D eigenvalue weighted by Gasteiger charge is 2.57. The zero-order chi connectivity index (χ0) is 11.9. The molecule has 0 aromatic rings. The largest absolute Gasteiger partial charge is 0.491 e. The summed E-state index contributed by atoms with van der Waals surface area (Å²) >= 11 is 0. The standard InChI is InChI=1S/C11H23BO3/c1-8-11(6,13-7)12-14-9(2,3)10(4,5)15-12/h8H2,1-7H3. The normalized spacial score (nSPS) is 27.8. The molecule has 0 aromatic heterocycles. The topological polar surface area (TPSA) is 27.7 Å². The van der Waals surface area contributed by atoms with E-state index in [4.69, 9.17) is 14.0 Å². The zero-order valence-corrected chi connectivity index (χ0v) is 11.0. The minimum Gasteiger partial charge on any atom is -0.401 e. The van der Waals surface area contributed by atoms with Crippen LogP contribution in [0.1, 0.15) is 48.0 Å². The van der Waals surface area contributed by atoms with Crippen LogP contribution in [0.25, 0.3) is 0 Å². The van der Waals surface area contributed by atoms with Gasteiger partial charge in [0.25, 0.3) is 0 Å². The van der Waals surface area contributed by atoms with E-state index < -0.39 is 0 Å². The molecule has 15 heavy (non-hydrogen) atoms. The lowest BCUT2D eigenvalue weighted by atomic mass is 9.66. The van der Waals surface area contributed by atoms with Gasteiger partial charge in [-0.25, -0.2) is 0 Å². The molecule has 0 spiro atoms. The number of rotatable bonds is 3. The van der Waals surface area contributed by atoms with Crippen molar-refractivity contribution in [2.75, 3.05) is 7.11 Å². The molecule has 1 atom stereocenters. The van der Waals surface area contributed by atoms with Crippen LogP contribution in [0.2, 0.25) is 0 Å². The molecule has 1 aliphatic heterocycles. The van der Waals surface area contributed by atoms with E-state index in [-0.39, 0.29) is 23.8 Å². The molecule has 1 saturated heterocycles. The fraction of sp³-hybridized carbons (Fsp3) is 1.00. The van der Waals surface area contributed by atoms with Gasteiger partial charge in [-0.15, -0.1) is 0 Å². The summed E-state index contributed by atoms with van der Waals surface area (Å²) < 4.78 is 17.4. The fourth-order valence-corrected chi connectivity index (χ4v) is 1.50. The van der Waals surface area contributed by atoms with E-state index in [9.17, 15) is 0 Å². The van der Waals surface area contributed by atoms with Crippen LogP contribution in [0.15, 0.2) is 0 Å². The number of hydrogen-bond acceptors (Lipinski definition) is 3. The summed E-state index contributed by atoms with van der Waals surface area (Å²) in [4.78, 5) is 0. The van der Waals surface area contributed by atoms with Crippen LogP contribution in [0, 0.1) is 0 Å². The van der Waals surface area contributed by atoms with Gasteiger partial charge in [0.15, 0.2) is 0 Å². The Labute approximate surface area is 93.6 Å². The summed E-state index contributed by atoms with van der Waals surface area (Å²) in [5.74, 6) is 0. The zero-order valence-electron chi connectivity index (χ0n) is 11.0. The second-order valence-electron chi connectivity index (χ2n) is 5.46. The Hall–Kier alpha value is -0.0551. The first-order valence-corrected chi connectivity index (χ1v) is 5.59. The Morgan fingerprint density at radius 3 is 1.80 bits per heavy atom. The van der Waals surface area contributed by atoms with Crippen molar-refractivity contribution in [2.45, 2.75) is 64.7 Å². The first kappa shape index (κ1) is 13.0. The van der Waals surface area contributed by atoms with Crippen molar-refractivity contribution < 1.29 is 14.0 Å². The van der Waals surface area contributed by atoms with E-state index in [1.54, 1.807) is 7.11 Å². The first-order chi connectivity index (χ1) is 6.68. The molecule has 88 valence electrons. The minimum absolute atomic E-state index is 0.285. The lowest BCUT2D eigenvalue weighted by Gasteiger charge is -2.32. The summed E-state index contributed by atoms with van der Waals surface area (Å²) in [5, 5.41) is 0. The second-order valence-corrected chi connectivity index (χ2v) is 5.46. The Morgan fingerprint density at radius 2 is 1.53 bits per heavy atom. The van der Waals surface area contributed by atoms with Gasteiger partial charge in [-0.2, -0.15) is 0 Å². The highest BCUT2D eigenvalue weighted by atomic mass is 16.7. The average molecular weight is 214 g/mol. The van der Waals surface area contributed by atoms with Gasteiger partial charge in [-0.3, -0.25) is 0 Å². The molecule has 0 aromatic carbocycles. The van der Waals surface area contributed by atoms with Crippen molar-refractivity contribution in [2.24, 2.45) is 0 Å². The molecular weight excluding hydrogens is 191 g/mol. The highest BCUT2D eigenvalue weighted by molar-refractivity contribution is 6.49. The summed E-state index contributed by atoms with van der Waals surface area (Å²) in [5.41, 5.74) is -0.940. The monoisotopic (exact) mass is 214 g/mol. The second kappa shape index (κ2) is 3.76. The van der Waals surface area contributed by atoms with Gasteiger partial charge < -0.3 is 14.0 Å². The predicted molar refractivity (Wildman–Crippen MR) is 61.8 cm³/mol. The van der Waals surface area contributed by atoms with E-state index in [1.807, 2.05) is 6.92 Å². The third-order valence-corrected chi connectivity index (χ3v) is 3.92. The van der Waals surface area contributed by atoms with Crippen molar-refractivity contribution >= 4 is 7.12 Å². The maximum Gasteiger partial charge on any atom is 0.491 e. The van der Waals surface area contributed by atoms with E-state index in [2.05, 4.69) is 34.6 Å². The summed E-state index contributed by atoms with van der Waals surface area (Å²) in [6, 6.07) is 0. The lowest BCUT2D eigenvalue weighted by Crippen LogP contribution is -2.47. The smallest absolute Gasteiger partial charge is 0.401 e. The van der Waals surface area contributed by atoms with Crippen LogP contribution in [-0.2, 0) is 14.0 Å². The van der Waals surface area contributed by atoms with Gasteiger partial charge in [-0.05, 0) is 41.0 Å². The molecule has 3 nitrogen and oxygen atoms in total. The minimum atomic E-state index is -0.370. The third kappa shape index (κ3) is 2.08. The van der Waals surface area contributed by atoms with E-state index in [0.717, 1.165) is 6.42 Å². The molecule has 0 radical (unpaired) electrons. The number of hydrogen-bond donors (Lipinski definition) is 0. The molecule has 1 fully saturated rings. The van der Waals surface area contributed by atoms with Crippen LogP contribution < -0.4 is 0 Å². The molecule has 1 unspecified atom stereocenters. The molecule has 1 aliphatic rings. The molecule has 1 heterocycles.